The van der Waals surface area contributed by atoms with Crippen molar-refractivity contribution in [3.05, 3.63) is 41.7 Å². The van der Waals surface area contributed by atoms with Crippen molar-refractivity contribution in [3.63, 3.8) is 0 Å². The Hall–Kier alpha value is -1.81. The van der Waals surface area contributed by atoms with Gasteiger partial charge in [0.05, 0.1) is 11.0 Å². The quantitative estimate of drug-likeness (QED) is 0.848. The summed E-state index contributed by atoms with van der Waals surface area (Å²) in [6, 6.07) is 5.30. The van der Waals surface area contributed by atoms with Crippen molar-refractivity contribution >= 4 is 28.5 Å². The zero-order chi connectivity index (χ0) is 12.4. The van der Waals surface area contributed by atoms with E-state index in [4.69, 9.17) is 11.6 Å². The van der Waals surface area contributed by atoms with E-state index in [0.29, 0.717) is 22.9 Å². The van der Waals surface area contributed by atoms with E-state index in [-0.39, 0.29) is 5.91 Å². The largest absolute Gasteiger partial charge is 0.349 e. The fraction of sp³-hybridized carbons (Fsp3) is 0.167. The van der Waals surface area contributed by atoms with Crippen molar-refractivity contribution in [2.75, 3.05) is 6.54 Å². The molecule has 0 bridgehead atoms. The molecule has 1 heterocycles. The van der Waals surface area contributed by atoms with Crippen molar-refractivity contribution < 1.29 is 4.79 Å². The van der Waals surface area contributed by atoms with Crippen molar-refractivity contribution in [1.82, 2.24) is 14.9 Å². The summed E-state index contributed by atoms with van der Waals surface area (Å²) in [6.07, 6.45) is 1.63. The van der Waals surface area contributed by atoms with Gasteiger partial charge in [-0.05, 0) is 29.8 Å². The highest BCUT2D eigenvalue weighted by molar-refractivity contribution is 6.29. The third kappa shape index (κ3) is 2.17. The van der Waals surface area contributed by atoms with E-state index in [9.17, 15) is 4.79 Å². The number of nitrogens with one attached hydrogen (secondary N) is 1. The molecule has 0 fully saturated rings. The van der Waals surface area contributed by atoms with Gasteiger partial charge in [0.2, 0.25) is 5.28 Å². The van der Waals surface area contributed by atoms with Gasteiger partial charge >= 0.3 is 0 Å². The molecule has 88 valence electrons. The molecule has 17 heavy (non-hydrogen) atoms. The monoisotopic (exact) mass is 249 g/mol. The molecule has 1 amide bonds. The second kappa shape index (κ2) is 4.59. The van der Waals surface area contributed by atoms with Crippen LogP contribution in [0.3, 0.4) is 0 Å². The van der Waals surface area contributed by atoms with Gasteiger partial charge in [-0.25, -0.2) is 4.98 Å². The summed E-state index contributed by atoms with van der Waals surface area (Å²) in [5, 5.41) is 3.12. The maximum Gasteiger partial charge on any atom is 0.251 e. The van der Waals surface area contributed by atoms with Gasteiger partial charge in [-0.15, -0.1) is 6.58 Å². The normalized spacial score (nSPS) is 10.5. The molecule has 5 heteroatoms. The summed E-state index contributed by atoms with van der Waals surface area (Å²) in [6.45, 7) is 3.99. The Bertz CT molecular complexity index is 589. The van der Waals surface area contributed by atoms with Crippen LogP contribution in [0.25, 0.3) is 11.0 Å². The molecule has 0 aliphatic heterocycles. The molecule has 2 aromatic rings. The predicted molar refractivity (Wildman–Crippen MR) is 68.3 cm³/mol. The van der Waals surface area contributed by atoms with Crippen molar-refractivity contribution in [2.45, 2.75) is 0 Å². The van der Waals surface area contributed by atoms with Gasteiger partial charge < -0.3 is 9.88 Å². The topological polar surface area (TPSA) is 46.9 Å². The minimum Gasteiger partial charge on any atom is -0.349 e. The van der Waals surface area contributed by atoms with Gasteiger partial charge in [0.1, 0.15) is 0 Å². The van der Waals surface area contributed by atoms with E-state index in [1.807, 2.05) is 13.1 Å². The van der Waals surface area contributed by atoms with Crippen LogP contribution in [0.5, 0.6) is 0 Å². The molecule has 2 rings (SSSR count). The standard InChI is InChI=1S/C12H12ClN3O/c1-3-6-14-11(17)8-4-5-10-9(7-8)15-12(13)16(10)2/h3-5,7H,1,6H2,2H3,(H,14,17). The Kier molecular flexibility index (Phi) is 3.15. The number of aryl methyl sites for hydroxylation is 1. The van der Waals surface area contributed by atoms with Crippen LogP contribution in [0.4, 0.5) is 0 Å². The van der Waals surface area contributed by atoms with E-state index >= 15 is 0 Å². The summed E-state index contributed by atoms with van der Waals surface area (Å²) < 4.78 is 1.77. The molecule has 0 saturated carbocycles. The Morgan fingerprint density at radius 2 is 2.41 bits per heavy atom. The number of nitrogens with zero attached hydrogens (tertiary/aromatic N) is 2. The van der Waals surface area contributed by atoms with Crippen LogP contribution in [0.1, 0.15) is 10.4 Å². The maximum absolute atomic E-state index is 11.7. The first-order valence-electron chi connectivity index (χ1n) is 5.14. The van der Waals surface area contributed by atoms with E-state index in [2.05, 4.69) is 16.9 Å². The summed E-state index contributed by atoms with van der Waals surface area (Å²) >= 11 is 5.91. The van der Waals surface area contributed by atoms with Crippen LogP contribution in [-0.4, -0.2) is 22.0 Å². The minimum absolute atomic E-state index is 0.145. The first kappa shape index (κ1) is 11.7. The number of fused-ring (bicyclic) bond motifs is 1. The molecule has 1 aromatic carbocycles. The lowest BCUT2D eigenvalue weighted by molar-refractivity contribution is 0.0958. The average Bonchev–Trinajstić information content (AvgIpc) is 2.61. The Balaban J connectivity index is 2.38. The maximum atomic E-state index is 11.7. The molecular weight excluding hydrogens is 238 g/mol. The third-order valence-corrected chi connectivity index (χ3v) is 2.83. The van der Waals surface area contributed by atoms with Crippen molar-refractivity contribution in [2.24, 2.45) is 7.05 Å². The number of carbonyl (C=O) groups excluding carboxylic acids is 1. The minimum atomic E-state index is -0.145. The highest BCUT2D eigenvalue weighted by Gasteiger charge is 2.09. The molecule has 4 nitrogen and oxygen atoms in total. The van der Waals surface area contributed by atoms with Crippen LogP contribution in [0, 0.1) is 0 Å². The molecular formula is C12H12ClN3O. The molecule has 1 aromatic heterocycles. The van der Waals surface area contributed by atoms with E-state index in [1.54, 1.807) is 22.8 Å². The number of imidazole rings is 1. The third-order valence-electron chi connectivity index (χ3n) is 2.50. The van der Waals surface area contributed by atoms with Gasteiger partial charge in [-0.1, -0.05) is 6.08 Å². The van der Waals surface area contributed by atoms with Crippen LogP contribution in [0.2, 0.25) is 5.28 Å². The fourth-order valence-electron chi connectivity index (χ4n) is 1.58. The summed E-state index contributed by atoms with van der Waals surface area (Å²) in [4.78, 5) is 15.9. The molecule has 0 radical (unpaired) electrons. The number of amides is 1. The Morgan fingerprint density at radius 1 is 1.65 bits per heavy atom. The highest BCUT2D eigenvalue weighted by atomic mass is 35.5. The van der Waals surface area contributed by atoms with E-state index < -0.39 is 0 Å². The lowest BCUT2D eigenvalue weighted by Crippen LogP contribution is -2.23. The van der Waals surface area contributed by atoms with Gasteiger partial charge in [0, 0.05) is 19.2 Å². The van der Waals surface area contributed by atoms with Gasteiger partial charge in [0.25, 0.3) is 5.91 Å². The molecule has 0 aliphatic carbocycles. The smallest absolute Gasteiger partial charge is 0.251 e. The Labute approximate surface area is 104 Å². The first-order valence-corrected chi connectivity index (χ1v) is 5.52. The molecule has 0 atom stereocenters. The fourth-order valence-corrected chi connectivity index (χ4v) is 1.76. The number of rotatable bonds is 3. The molecule has 0 spiro atoms. The first-order chi connectivity index (χ1) is 8.13. The Morgan fingerprint density at radius 3 is 3.12 bits per heavy atom. The average molecular weight is 250 g/mol. The predicted octanol–water partition coefficient (Wildman–Crippen LogP) is 2.14. The number of carbonyl (C=O) groups is 1. The number of hydrogen-bond donors (Lipinski definition) is 1. The van der Waals surface area contributed by atoms with Gasteiger partial charge in [0.15, 0.2) is 0 Å². The summed E-state index contributed by atoms with van der Waals surface area (Å²) in [5.74, 6) is -0.145. The van der Waals surface area contributed by atoms with Gasteiger partial charge in [-0.2, -0.15) is 0 Å². The van der Waals surface area contributed by atoms with Crippen LogP contribution in [-0.2, 0) is 7.05 Å². The lowest BCUT2D eigenvalue weighted by Gasteiger charge is -2.02. The van der Waals surface area contributed by atoms with Crippen LogP contribution < -0.4 is 5.32 Å². The highest BCUT2D eigenvalue weighted by Crippen LogP contribution is 2.19. The number of hydrogen-bond acceptors (Lipinski definition) is 2. The summed E-state index contributed by atoms with van der Waals surface area (Å²) in [5.41, 5.74) is 2.17. The van der Waals surface area contributed by atoms with Gasteiger partial charge in [-0.3, -0.25) is 4.79 Å². The molecule has 0 unspecified atom stereocenters. The SMILES string of the molecule is C=CCNC(=O)c1ccc2c(c1)nc(Cl)n2C. The molecule has 1 N–H and O–H groups in total. The molecule has 0 aliphatic rings. The summed E-state index contributed by atoms with van der Waals surface area (Å²) in [7, 11) is 1.83. The van der Waals surface area contributed by atoms with Crippen LogP contribution >= 0.6 is 11.6 Å². The lowest BCUT2D eigenvalue weighted by atomic mass is 10.2. The number of halogens is 1. The van der Waals surface area contributed by atoms with Crippen LogP contribution in [0.15, 0.2) is 30.9 Å². The zero-order valence-electron chi connectivity index (χ0n) is 9.40. The number of benzene rings is 1. The molecule has 0 saturated heterocycles. The second-order valence-corrected chi connectivity index (χ2v) is 3.98. The van der Waals surface area contributed by atoms with E-state index in [1.165, 1.54) is 0 Å². The van der Waals surface area contributed by atoms with E-state index in [0.717, 1.165) is 5.52 Å². The van der Waals surface area contributed by atoms with Crippen molar-refractivity contribution in [1.29, 1.82) is 0 Å². The zero-order valence-corrected chi connectivity index (χ0v) is 10.2. The number of aromatic nitrogens is 2. The second-order valence-electron chi connectivity index (χ2n) is 3.64. The van der Waals surface area contributed by atoms with Crippen molar-refractivity contribution in [3.8, 4) is 0 Å².